The number of fused-ring (bicyclic) bond motifs is 1. The van der Waals surface area contributed by atoms with E-state index in [9.17, 15) is 8.42 Å². The summed E-state index contributed by atoms with van der Waals surface area (Å²) < 4.78 is 27.4. The highest BCUT2D eigenvalue weighted by molar-refractivity contribution is 9.10. The van der Waals surface area contributed by atoms with Gasteiger partial charge in [0.1, 0.15) is 0 Å². The summed E-state index contributed by atoms with van der Waals surface area (Å²) in [5.74, 6) is 0. The van der Waals surface area contributed by atoms with Crippen molar-refractivity contribution >= 4 is 26.0 Å². The molecule has 1 aliphatic heterocycles. The number of halogens is 1. The van der Waals surface area contributed by atoms with E-state index in [2.05, 4.69) is 15.9 Å². The van der Waals surface area contributed by atoms with E-state index < -0.39 is 10.0 Å². The number of nitrogens with zero attached hydrogens (tertiary/aromatic N) is 1. The fraction of sp³-hybridized carbons (Fsp3) is 0.143. The third-order valence-electron chi connectivity index (χ3n) is 3.27. The Hall–Kier alpha value is -1.17. The van der Waals surface area contributed by atoms with Gasteiger partial charge in [0.05, 0.1) is 4.90 Å². The Kier molecular flexibility index (Phi) is 3.20. The van der Waals surface area contributed by atoms with Crippen LogP contribution in [-0.2, 0) is 23.1 Å². The lowest BCUT2D eigenvalue weighted by Crippen LogP contribution is -2.25. The van der Waals surface area contributed by atoms with Crippen molar-refractivity contribution in [3.8, 4) is 0 Å². The van der Waals surface area contributed by atoms with E-state index in [1.54, 1.807) is 18.2 Å². The summed E-state index contributed by atoms with van der Waals surface area (Å²) in [6, 6.07) is 14.7. The Labute approximate surface area is 121 Å². The van der Waals surface area contributed by atoms with Gasteiger partial charge in [-0.3, -0.25) is 0 Å². The molecule has 3 rings (SSSR count). The van der Waals surface area contributed by atoms with E-state index in [1.807, 2.05) is 30.3 Å². The molecule has 0 N–H and O–H groups in total. The molecule has 1 aliphatic rings. The average Bonchev–Trinajstić information content (AvgIpc) is 2.83. The first kappa shape index (κ1) is 12.8. The smallest absolute Gasteiger partial charge is 0.207 e. The zero-order chi connectivity index (χ0) is 13.5. The van der Waals surface area contributed by atoms with Crippen molar-refractivity contribution in [2.45, 2.75) is 18.0 Å². The predicted molar refractivity (Wildman–Crippen MR) is 77.0 cm³/mol. The molecule has 0 aliphatic carbocycles. The summed E-state index contributed by atoms with van der Waals surface area (Å²) in [4.78, 5) is 0.322. The van der Waals surface area contributed by atoms with Gasteiger partial charge in [-0.05, 0) is 39.2 Å². The zero-order valence-corrected chi connectivity index (χ0v) is 12.5. The molecule has 98 valence electrons. The third-order valence-corrected chi connectivity index (χ3v) is 6.07. The molecule has 0 amide bonds. The van der Waals surface area contributed by atoms with Gasteiger partial charge in [-0.1, -0.05) is 36.4 Å². The average molecular weight is 338 g/mol. The first-order chi connectivity index (χ1) is 9.09. The highest BCUT2D eigenvalue weighted by Gasteiger charge is 2.31. The minimum atomic E-state index is -3.45. The molecule has 0 saturated heterocycles. The maximum Gasteiger partial charge on any atom is 0.244 e. The van der Waals surface area contributed by atoms with Gasteiger partial charge in [0, 0.05) is 17.6 Å². The predicted octanol–water partition coefficient (Wildman–Crippen LogP) is 3.15. The van der Waals surface area contributed by atoms with E-state index in [1.165, 1.54) is 4.31 Å². The molecule has 19 heavy (non-hydrogen) atoms. The second-order valence-electron chi connectivity index (χ2n) is 4.47. The number of hydrogen-bond acceptors (Lipinski definition) is 2. The Morgan fingerprint density at radius 1 is 0.895 bits per heavy atom. The van der Waals surface area contributed by atoms with Crippen LogP contribution in [0, 0.1) is 0 Å². The Morgan fingerprint density at radius 3 is 2.00 bits per heavy atom. The highest BCUT2D eigenvalue weighted by Crippen LogP contribution is 2.31. The largest absolute Gasteiger partial charge is 0.244 e. The SMILES string of the molecule is O=S(=O)(c1ccccc1Br)N1Cc2ccccc2C1. The molecule has 0 spiro atoms. The van der Waals surface area contributed by atoms with E-state index in [4.69, 9.17) is 0 Å². The van der Waals surface area contributed by atoms with Crippen LogP contribution in [0.5, 0.6) is 0 Å². The second kappa shape index (κ2) is 4.74. The molecule has 5 heteroatoms. The van der Waals surface area contributed by atoms with E-state index in [0.29, 0.717) is 22.5 Å². The monoisotopic (exact) mass is 337 g/mol. The van der Waals surface area contributed by atoms with Gasteiger partial charge in [-0.25, -0.2) is 8.42 Å². The molecule has 1 heterocycles. The molecule has 2 aromatic carbocycles. The molecule has 3 nitrogen and oxygen atoms in total. The van der Waals surface area contributed by atoms with Gasteiger partial charge in [-0.2, -0.15) is 4.31 Å². The lowest BCUT2D eigenvalue weighted by Gasteiger charge is -2.16. The van der Waals surface area contributed by atoms with Gasteiger partial charge in [0.15, 0.2) is 0 Å². The van der Waals surface area contributed by atoms with Gasteiger partial charge in [0.25, 0.3) is 0 Å². The normalized spacial score (nSPS) is 15.4. The van der Waals surface area contributed by atoms with Gasteiger partial charge < -0.3 is 0 Å². The summed E-state index contributed by atoms with van der Waals surface area (Å²) in [5, 5.41) is 0. The van der Waals surface area contributed by atoms with Gasteiger partial charge >= 0.3 is 0 Å². The van der Waals surface area contributed by atoms with Crippen molar-refractivity contribution in [2.75, 3.05) is 0 Å². The summed E-state index contributed by atoms with van der Waals surface area (Å²) in [7, 11) is -3.45. The van der Waals surface area contributed by atoms with Crippen LogP contribution in [0.4, 0.5) is 0 Å². The van der Waals surface area contributed by atoms with Crippen molar-refractivity contribution in [1.82, 2.24) is 4.31 Å². The molecule has 0 atom stereocenters. The highest BCUT2D eigenvalue weighted by atomic mass is 79.9. The fourth-order valence-electron chi connectivity index (χ4n) is 2.26. The number of rotatable bonds is 2. The third kappa shape index (κ3) is 2.22. The van der Waals surface area contributed by atoms with E-state index >= 15 is 0 Å². The first-order valence-corrected chi connectivity index (χ1v) is 8.14. The van der Waals surface area contributed by atoms with Crippen LogP contribution in [0.2, 0.25) is 0 Å². The topological polar surface area (TPSA) is 37.4 Å². The van der Waals surface area contributed by atoms with Crippen molar-refractivity contribution in [3.05, 3.63) is 64.1 Å². The van der Waals surface area contributed by atoms with Crippen LogP contribution in [0.3, 0.4) is 0 Å². The summed E-state index contributed by atoms with van der Waals surface area (Å²) in [6.07, 6.45) is 0. The Bertz CT molecular complexity index is 703. The summed E-state index contributed by atoms with van der Waals surface area (Å²) in [6.45, 7) is 0.889. The number of sulfonamides is 1. The maximum atomic E-state index is 12.6. The van der Waals surface area contributed by atoms with Crippen LogP contribution in [0.25, 0.3) is 0 Å². The van der Waals surface area contributed by atoms with E-state index in [0.717, 1.165) is 11.1 Å². The molecule has 0 fully saturated rings. The molecule has 2 aromatic rings. The lowest BCUT2D eigenvalue weighted by atomic mass is 10.1. The van der Waals surface area contributed by atoms with Crippen molar-refractivity contribution in [3.63, 3.8) is 0 Å². The standard InChI is InChI=1S/C14H12BrNO2S/c15-13-7-3-4-8-14(13)19(17,18)16-9-11-5-1-2-6-12(11)10-16/h1-8H,9-10H2. The van der Waals surface area contributed by atoms with Crippen LogP contribution >= 0.6 is 15.9 Å². The Morgan fingerprint density at radius 2 is 1.42 bits per heavy atom. The van der Waals surface area contributed by atoms with Crippen molar-refractivity contribution in [2.24, 2.45) is 0 Å². The first-order valence-electron chi connectivity index (χ1n) is 5.90. The van der Waals surface area contributed by atoms with Crippen LogP contribution in [0.1, 0.15) is 11.1 Å². The van der Waals surface area contributed by atoms with E-state index in [-0.39, 0.29) is 0 Å². The molecule has 0 saturated carbocycles. The summed E-state index contributed by atoms with van der Waals surface area (Å²) in [5.41, 5.74) is 2.16. The van der Waals surface area contributed by atoms with Crippen molar-refractivity contribution in [1.29, 1.82) is 0 Å². The number of benzene rings is 2. The molecular formula is C14H12BrNO2S. The molecule has 0 radical (unpaired) electrons. The van der Waals surface area contributed by atoms with Crippen LogP contribution in [-0.4, -0.2) is 12.7 Å². The van der Waals surface area contributed by atoms with Gasteiger partial charge in [0.2, 0.25) is 10.0 Å². The zero-order valence-electron chi connectivity index (χ0n) is 10.1. The Balaban J connectivity index is 1.99. The molecule has 0 unspecified atom stereocenters. The second-order valence-corrected chi connectivity index (χ2v) is 7.23. The minimum Gasteiger partial charge on any atom is -0.207 e. The molecule has 0 aromatic heterocycles. The van der Waals surface area contributed by atoms with Crippen molar-refractivity contribution < 1.29 is 8.42 Å². The summed E-state index contributed by atoms with van der Waals surface area (Å²) >= 11 is 3.31. The van der Waals surface area contributed by atoms with Crippen LogP contribution < -0.4 is 0 Å². The maximum absolute atomic E-state index is 12.6. The lowest BCUT2D eigenvalue weighted by molar-refractivity contribution is 0.431. The fourth-order valence-corrected chi connectivity index (χ4v) is 4.62. The minimum absolute atomic E-state index is 0.322. The van der Waals surface area contributed by atoms with Gasteiger partial charge in [-0.15, -0.1) is 0 Å². The van der Waals surface area contributed by atoms with Crippen LogP contribution in [0.15, 0.2) is 57.9 Å². The molecular weight excluding hydrogens is 326 g/mol. The quantitative estimate of drug-likeness (QED) is 0.844. The number of hydrogen-bond donors (Lipinski definition) is 0. The molecule has 0 bridgehead atoms.